The normalized spacial score (nSPS) is 11.4. The average molecular weight is 287 g/mol. The lowest BCUT2D eigenvalue weighted by Crippen LogP contribution is -2.06. The Bertz CT molecular complexity index is 642. The smallest absolute Gasteiger partial charge is 0.241 e. The van der Waals surface area contributed by atoms with Crippen molar-refractivity contribution in [3.05, 3.63) is 35.0 Å². The molecule has 0 fully saturated rings. The number of nitrogen functional groups attached to an aromatic ring is 1. The highest BCUT2D eigenvalue weighted by molar-refractivity contribution is 5.55. The summed E-state index contributed by atoms with van der Waals surface area (Å²) < 4.78 is 7.96. The molecule has 1 heterocycles. The first-order chi connectivity index (χ1) is 9.81. The molecule has 0 saturated carbocycles. The highest BCUT2D eigenvalue weighted by Gasteiger charge is 2.18. The van der Waals surface area contributed by atoms with Crippen molar-refractivity contribution in [2.24, 2.45) is 0 Å². The van der Waals surface area contributed by atoms with Crippen LogP contribution in [0.15, 0.2) is 18.2 Å². The van der Waals surface area contributed by atoms with Gasteiger partial charge in [0, 0.05) is 0 Å². The topological polar surface area (TPSA) is 53.1 Å². The number of aryl methyl sites for hydroxylation is 2. The van der Waals surface area contributed by atoms with Crippen LogP contribution >= 0.6 is 0 Å². The Balaban J connectivity index is 2.45. The van der Waals surface area contributed by atoms with Crippen molar-refractivity contribution in [2.75, 3.05) is 5.73 Å². The number of hydrogen-bond acceptors (Lipinski definition) is 3. The van der Waals surface area contributed by atoms with E-state index in [1.54, 1.807) is 0 Å². The van der Waals surface area contributed by atoms with Crippen molar-refractivity contribution in [2.45, 2.75) is 53.5 Å². The zero-order chi connectivity index (χ0) is 15.7. The van der Waals surface area contributed by atoms with E-state index in [1.165, 1.54) is 5.56 Å². The Morgan fingerprint density at radius 1 is 1.14 bits per heavy atom. The zero-order valence-electron chi connectivity index (χ0n) is 13.8. The zero-order valence-corrected chi connectivity index (χ0v) is 13.8. The molecule has 0 unspecified atom stereocenters. The van der Waals surface area contributed by atoms with E-state index in [0.29, 0.717) is 17.5 Å². The van der Waals surface area contributed by atoms with E-state index in [-0.39, 0.29) is 6.04 Å². The average Bonchev–Trinajstić information content (AvgIpc) is 2.69. The van der Waals surface area contributed by atoms with E-state index < -0.39 is 0 Å². The van der Waals surface area contributed by atoms with Crippen LogP contribution in [0.2, 0.25) is 0 Å². The first kappa shape index (κ1) is 15.4. The Kier molecular flexibility index (Phi) is 4.26. The van der Waals surface area contributed by atoms with Crippen LogP contribution in [-0.4, -0.2) is 9.78 Å². The van der Waals surface area contributed by atoms with Crippen LogP contribution in [0.1, 0.15) is 56.5 Å². The first-order valence-electron chi connectivity index (χ1n) is 7.44. The molecule has 0 atom stereocenters. The van der Waals surface area contributed by atoms with Crippen molar-refractivity contribution in [1.82, 2.24) is 9.78 Å². The number of ether oxygens (including phenoxy) is 1. The first-order valence-corrected chi connectivity index (χ1v) is 7.44. The summed E-state index contributed by atoms with van der Waals surface area (Å²) in [6.07, 6.45) is 0. The third-order valence-electron chi connectivity index (χ3n) is 3.66. The number of anilines is 1. The van der Waals surface area contributed by atoms with E-state index in [0.717, 1.165) is 17.0 Å². The van der Waals surface area contributed by atoms with Crippen LogP contribution in [0.25, 0.3) is 0 Å². The molecular formula is C17H25N3O. The molecule has 0 amide bonds. The summed E-state index contributed by atoms with van der Waals surface area (Å²) in [5.74, 6) is 1.93. The van der Waals surface area contributed by atoms with Gasteiger partial charge in [-0.15, -0.1) is 0 Å². The lowest BCUT2D eigenvalue weighted by molar-refractivity contribution is 0.387. The summed E-state index contributed by atoms with van der Waals surface area (Å²) in [6, 6.07) is 6.52. The largest absolute Gasteiger partial charge is 0.437 e. The van der Waals surface area contributed by atoms with Gasteiger partial charge in [-0.2, -0.15) is 5.10 Å². The van der Waals surface area contributed by atoms with Crippen LogP contribution in [0, 0.1) is 13.8 Å². The van der Waals surface area contributed by atoms with Crippen molar-refractivity contribution < 1.29 is 4.74 Å². The van der Waals surface area contributed by atoms with E-state index in [2.05, 4.69) is 51.0 Å². The van der Waals surface area contributed by atoms with Gasteiger partial charge in [-0.3, -0.25) is 0 Å². The lowest BCUT2D eigenvalue weighted by Gasteiger charge is -2.15. The molecule has 0 saturated heterocycles. The molecule has 4 heteroatoms. The van der Waals surface area contributed by atoms with Gasteiger partial charge in [0.15, 0.2) is 0 Å². The monoisotopic (exact) mass is 287 g/mol. The van der Waals surface area contributed by atoms with Crippen LogP contribution in [0.4, 0.5) is 5.69 Å². The summed E-state index contributed by atoms with van der Waals surface area (Å²) in [4.78, 5) is 0. The third-order valence-corrected chi connectivity index (χ3v) is 3.66. The number of rotatable bonds is 4. The second-order valence-corrected chi connectivity index (χ2v) is 6.12. The van der Waals surface area contributed by atoms with Crippen molar-refractivity contribution in [3.8, 4) is 11.6 Å². The number of aromatic nitrogens is 2. The number of benzene rings is 1. The third kappa shape index (κ3) is 3.04. The molecule has 1 aromatic heterocycles. The minimum Gasteiger partial charge on any atom is -0.437 e. The molecule has 0 aliphatic rings. The minimum atomic E-state index is 0.199. The number of nitrogens with zero attached hydrogens (tertiary/aromatic N) is 2. The second kappa shape index (κ2) is 5.80. The molecule has 0 spiro atoms. The molecule has 2 aromatic rings. The van der Waals surface area contributed by atoms with E-state index in [1.807, 2.05) is 18.5 Å². The molecule has 0 radical (unpaired) electrons. The van der Waals surface area contributed by atoms with Crippen molar-refractivity contribution >= 4 is 5.69 Å². The van der Waals surface area contributed by atoms with Crippen molar-refractivity contribution in [3.63, 3.8) is 0 Å². The predicted molar refractivity (Wildman–Crippen MR) is 87.1 cm³/mol. The Morgan fingerprint density at radius 3 is 2.38 bits per heavy atom. The van der Waals surface area contributed by atoms with Gasteiger partial charge in [0.25, 0.3) is 0 Å². The van der Waals surface area contributed by atoms with Gasteiger partial charge in [0.1, 0.15) is 11.4 Å². The molecule has 0 aliphatic heterocycles. The fraction of sp³-hybridized carbons (Fsp3) is 0.471. The molecule has 2 N–H and O–H groups in total. The molecule has 4 nitrogen and oxygen atoms in total. The second-order valence-electron chi connectivity index (χ2n) is 6.12. The van der Waals surface area contributed by atoms with Crippen LogP contribution in [0.5, 0.6) is 11.6 Å². The highest BCUT2D eigenvalue weighted by Crippen LogP contribution is 2.34. The number of hydrogen-bond donors (Lipinski definition) is 1. The van der Waals surface area contributed by atoms with Crippen LogP contribution < -0.4 is 10.5 Å². The van der Waals surface area contributed by atoms with Gasteiger partial charge in [0.2, 0.25) is 5.88 Å². The van der Waals surface area contributed by atoms with Gasteiger partial charge in [-0.1, -0.05) is 26.0 Å². The summed E-state index contributed by atoms with van der Waals surface area (Å²) in [5, 5.41) is 4.46. The van der Waals surface area contributed by atoms with Crippen LogP contribution in [-0.2, 0) is 0 Å². The Labute approximate surface area is 126 Å². The predicted octanol–water partition coefficient (Wildman–Crippen LogP) is 4.58. The molecule has 21 heavy (non-hydrogen) atoms. The molecule has 0 aliphatic carbocycles. The molecule has 114 valence electrons. The summed E-state index contributed by atoms with van der Waals surface area (Å²) in [6.45, 7) is 12.4. The van der Waals surface area contributed by atoms with E-state index >= 15 is 0 Å². The Hall–Kier alpha value is -1.97. The Morgan fingerprint density at radius 2 is 1.81 bits per heavy atom. The van der Waals surface area contributed by atoms with E-state index in [9.17, 15) is 0 Å². The quantitative estimate of drug-likeness (QED) is 0.895. The number of nitrogens with two attached hydrogens (primary N) is 1. The minimum absolute atomic E-state index is 0.199. The summed E-state index contributed by atoms with van der Waals surface area (Å²) >= 11 is 0. The van der Waals surface area contributed by atoms with Gasteiger partial charge in [-0.05, 0) is 50.8 Å². The lowest BCUT2D eigenvalue weighted by atomic mass is 10.0. The van der Waals surface area contributed by atoms with Gasteiger partial charge < -0.3 is 10.5 Å². The van der Waals surface area contributed by atoms with E-state index in [4.69, 9.17) is 10.5 Å². The molecule has 0 bridgehead atoms. The summed E-state index contributed by atoms with van der Waals surface area (Å²) in [7, 11) is 0. The van der Waals surface area contributed by atoms with Crippen molar-refractivity contribution in [1.29, 1.82) is 0 Å². The standard InChI is InChI=1S/C17H25N3O/c1-10(2)14-8-7-12(5)15(9-14)21-17-16(18)13(6)19-20(17)11(3)4/h7-11H,18H2,1-6H3. The maximum absolute atomic E-state index is 6.13. The molecular weight excluding hydrogens is 262 g/mol. The molecule has 1 aromatic carbocycles. The van der Waals surface area contributed by atoms with Gasteiger partial charge in [0.05, 0.1) is 11.7 Å². The van der Waals surface area contributed by atoms with Crippen LogP contribution in [0.3, 0.4) is 0 Å². The maximum atomic E-state index is 6.13. The fourth-order valence-corrected chi connectivity index (χ4v) is 2.18. The molecule has 2 rings (SSSR count). The van der Waals surface area contributed by atoms with Gasteiger partial charge >= 0.3 is 0 Å². The fourth-order valence-electron chi connectivity index (χ4n) is 2.18. The maximum Gasteiger partial charge on any atom is 0.241 e. The summed E-state index contributed by atoms with van der Waals surface area (Å²) in [5.41, 5.74) is 9.88. The highest BCUT2D eigenvalue weighted by atomic mass is 16.5. The SMILES string of the molecule is Cc1ccc(C(C)C)cc1Oc1c(N)c(C)nn1C(C)C. The van der Waals surface area contributed by atoms with Gasteiger partial charge in [-0.25, -0.2) is 4.68 Å².